The van der Waals surface area contributed by atoms with Crippen LogP contribution in [-0.2, 0) is 4.74 Å². The second-order valence-corrected chi connectivity index (χ2v) is 3.88. The van der Waals surface area contributed by atoms with Crippen LogP contribution in [0.1, 0.15) is 0 Å². The summed E-state index contributed by atoms with van der Waals surface area (Å²) in [5.74, 6) is 0.00820. The summed E-state index contributed by atoms with van der Waals surface area (Å²) < 4.78 is 18.0. The van der Waals surface area contributed by atoms with E-state index >= 15 is 0 Å². The van der Waals surface area contributed by atoms with Gasteiger partial charge in [-0.15, -0.1) is 0 Å². The maximum atomic E-state index is 12.6. The van der Waals surface area contributed by atoms with Crippen molar-refractivity contribution in [3.8, 4) is 0 Å². The number of hydrogen-bond acceptors (Lipinski definition) is 5. The smallest absolute Gasteiger partial charge is 0.225 e. The molecule has 5 nitrogen and oxygen atoms in total. The minimum atomic E-state index is -0.456. The van der Waals surface area contributed by atoms with E-state index in [0.717, 1.165) is 12.4 Å². The molecule has 1 atom stereocenters. The van der Waals surface area contributed by atoms with Crippen molar-refractivity contribution in [3.63, 3.8) is 0 Å². The molecular weight excluding hydrogens is 231 g/mol. The largest absolute Gasteiger partial charge is 0.391 e. The number of halogens is 1. The number of ether oxygens (including phenoxy) is 1. The molecule has 16 heavy (non-hydrogen) atoms. The van der Waals surface area contributed by atoms with Crippen LogP contribution in [0.3, 0.4) is 0 Å². The van der Waals surface area contributed by atoms with E-state index in [9.17, 15) is 4.39 Å². The molecule has 1 aromatic heterocycles. The first-order chi connectivity index (χ1) is 7.66. The maximum Gasteiger partial charge on any atom is 0.225 e. The Balaban J connectivity index is 2.09. The van der Waals surface area contributed by atoms with Crippen LogP contribution >= 0.6 is 12.2 Å². The molecule has 2 rings (SSSR count). The van der Waals surface area contributed by atoms with Gasteiger partial charge in [0, 0.05) is 6.54 Å². The maximum absolute atomic E-state index is 12.6. The van der Waals surface area contributed by atoms with E-state index in [2.05, 4.69) is 9.97 Å². The minimum absolute atomic E-state index is 0.294. The van der Waals surface area contributed by atoms with Crippen LogP contribution in [0.25, 0.3) is 0 Å². The lowest BCUT2D eigenvalue weighted by Gasteiger charge is -2.32. The Labute approximate surface area is 97.4 Å². The molecule has 1 aliphatic rings. The third-order valence-electron chi connectivity index (χ3n) is 2.27. The van der Waals surface area contributed by atoms with Gasteiger partial charge >= 0.3 is 0 Å². The topological polar surface area (TPSA) is 64.3 Å². The lowest BCUT2D eigenvalue weighted by Crippen LogP contribution is -2.48. The summed E-state index contributed by atoms with van der Waals surface area (Å²) in [5, 5.41) is 0. The van der Waals surface area contributed by atoms with Crippen LogP contribution in [0.5, 0.6) is 0 Å². The fourth-order valence-electron chi connectivity index (χ4n) is 1.47. The van der Waals surface area contributed by atoms with Crippen LogP contribution < -0.4 is 10.6 Å². The Morgan fingerprint density at radius 1 is 1.56 bits per heavy atom. The Bertz CT molecular complexity index is 386. The number of nitrogens with two attached hydrogens (primary N) is 1. The third kappa shape index (κ3) is 2.42. The van der Waals surface area contributed by atoms with E-state index in [4.69, 9.17) is 22.7 Å². The van der Waals surface area contributed by atoms with Gasteiger partial charge in [0.2, 0.25) is 5.95 Å². The molecule has 1 unspecified atom stereocenters. The van der Waals surface area contributed by atoms with Crippen molar-refractivity contribution in [2.45, 2.75) is 6.10 Å². The van der Waals surface area contributed by atoms with E-state index in [-0.39, 0.29) is 6.10 Å². The van der Waals surface area contributed by atoms with Crippen molar-refractivity contribution in [2.24, 2.45) is 5.73 Å². The number of nitrogens with zero attached hydrogens (tertiary/aromatic N) is 3. The van der Waals surface area contributed by atoms with Gasteiger partial charge in [-0.05, 0) is 0 Å². The van der Waals surface area contributed by atoms with Gasteiger partial charge in [-0.3, -0.25) is 0 Å². The Kier molecular flexibility index (Phi) is 3.25. The molecule has 0 bridgehead atoms. The summed E-state index contributed by atoms with van der Waals surface area (Å²) in [5.41, 5.74) is 5.51. The van der Waals surface area contributed by atoms with Crippen molar-refractivity contribution >= 4 is 23.2 Å². The lowest BCUT2D eigenvalue weighted by atomic mass is 10.3. The fraction of sp³-hybridized carbons (Fsp3) is 0.444. The second-order valence-electron chi connectivity index (χ2n) is 3.41. The third-order valence-corrected chi connectivity index (χ3v) is 2.54. The standard InChI is InChI=1S/C9H11FN4OS/c10-6-3-12-9(13-4-6)14-1-2-15-7(5-14)8(11)16/h3-4,7H,1-2,5H2,(H2,11,16). The van der Waals surface area contributed by atoms with Crippen molar-refractivity contribution in [2.75, 3.05) is 24.6 Å². The fourth-order valence-corrected chi connectivity index (χ4v) is 1.61. The molecule has 1 aliphatic heterocycles. The molecule has 1 saturated heterocycles. The molecule has 0 radical (unpaired) electrons. The van der Waals surface area contributed by atoms with Gasteiger partial charge in [0.05, 0.1) is 25.5 Å². The Morgan fingerprint density at radius 2 is 2.25 bits per heavy atom. The molecule has 1 fully saturated rings. The number of hydrogen-bond donors (Lipinski definition) is 1. The molecule has 2 N–H and O–H groups in total. The van der Waals surface area contributed by atoms with Crippen LogP contribution in [0.4, 0.5) is 10.3 Å². The van der Waals surface area contributed by atoms with E-state index in [1.54, 1.807) is 0 Å². The van der Waals surface area contributed by atoms with Gasteiger partial charge in [-0.1, -0.05) is 12.2 Å². The van der Waals surface area contributed by atoms with Crippen LogP contribution in [0.2, 0.25) is 0 Å². The molecule has 1 aromatic rings. The van der Waals surface area contributed by atoms with Crippen molar-refractivity contribution < 1.29 is 9.13 Å². The first kappa shape index (κ1) is 11.2. The predicted octanol–water partition coefficient (Wildman–Crippen LogP) is 0.107. The zero-order valence-corrected chi connectivity index (χ0v) is 9.28. The van der Waals surface area contributed by atoms with Gasteiger partial charge in [-0.2, -0.15) is 0 Å². The van der Waals surface area contributed by atoms with E-state index in [1.165, 1.54) is 0 Å². The SMILES string of the molecule is NC(=S)C1CN(c2ncc(F)cn2)CCO1. The highest BCUT2D eigenvalue weighted by atomic mass is 32.1. The summed E-state index contributed by atoms with van der Waals surface area (Å²) in [4.78, 5) is 9.97. The molecule has 0 saturated carbocycles. The molecule has 7 heteroatoms. The van der Waals surface area contributed by atoms with Crippen LogP contribution in [-0.4, -0.2) is 40.8 Å². The number of rotatable bonds is 2. The van der Waals surface area contributed by atoms with Gasteiger partial charge < -0.3 is 15.4 Å². The first-order valence-electron chi connectivity index (χ1n) is 4.80. The van der Waals surface area contributed by atoms with Crippen LogP contribution in [0.15, 0.2) is 12.4 Å². The molecule has 0 aromatic carbocycles. The molecule has 0 amide bonds. The Hall–Kier alpha value is -1.34. The zero-order chi connectivity index (χ0) is 11.5. The first-order valence-corrected chi connectivity index (χ1v) is 5.21. The number of aromatic nitrogens is 2. The van der Waals surface area contributed by atoms with E-state index in [0.29, 0.717) is 30.6 Å². The average Bonchev–Trinajstić information content (AvgIpc) is 2.30. The minimum Gasteiger partial charge on any atom is -0.391 e. The highest BCUT2D eigenvalue weighted by Crippen LogP contribution is 2.12. The summed E-state index contributed by atoms with van der Waals surface area (Å²) in [6.45, 7) is 1.65. The van der Waals surface area contributed by atoms with E-state index < -0.39 is 5.82 Å². The summed E-state index contributed by atoms with van der Waals surface area (Å²) in [6, 6.07) is 0. The number of morpholine rings is 1. The zero-order valence-electron chi connectivity index (χ0n) is 8.47. The quantitative estimate of drug-likeness (QED) is 0.742. The molecule has 2 heterocycles. The van der Waals surface area contributed by atoms with Gasteiger partial charge in [-0.25, -0.2) is 14.4 Å². The molecule has 86 valence electrons. The predicted molar refractivity (Wildman–Crippen MR) is 60.7 cm³/mol. The summed E-state index contributed by atoms with van der Waals surface area (Å²) in [7, 11) is 0. The lowest BCUT2D eigenvalue weighted by molar-refractivity contribution is 0.0840. The monoisotopic (exact) mass is 242 g/mol. The summed E-state index contributed by atoms with van der Waals surface area (Å²) >= 11 is 4.86. The number of thiocarbonyl (C=S) groups is 1. The number of anilines is 1. The van der Waals surface area contributed by atoms with Gasteiger partial charge in [0.15, 0.2) is 5.82 Å². The van der Waals surface area contributed by atoms with Crippen molar-refractivity contribution in [1.82, 2.24) is 9.97 Å². The van der Waals surface area contributed by atoms with Crippen molar-refractivity contribution in [1.29, 1.82) is 0 Å². The molecular formula is C9H11FN4OS. The normalized spacial score (nSPS) is 20.8. The van der Waals surface area contributed by atoms with Crippen molar-refractivity contribution in [3.05, 3.63) is 18.2 Å². The Morgan fingerprint density at radius 3 is 2.88 bits per heavy atom. The average molecular weight is 242 g/mol. The van der Waals surface area contributed by atoms with Gasteiger partial charge in [0.1, 0.15) is 11.1 Å². The van der Waals surface area contributed by atoms with E-state index in [1.807, 2.05) is 4.90 Å². The highest BCUT2D eigenvalue weighted by molar-refractivity contribution is 7.80. The summed E-state index contributed by atoms with van der Waals surface area (Å²) in [6.07, 6.45) is 1.97. The van der Waals surface area contributed by atoms with Crippen LogP contribution in [0, 0.1) is 5.82 Å². The second kappa shape index (κ2) is 4.67. The molecule has 0 aliphatic carbocycles. The highest BCUT2D eigenvalue weighted by Gasteiger charge is 2.23. The van der Waals surface area contributed by atoms with Gasteiger partial charge in [0.25, 0.3) is 0 Å². The molecule has 0 spiro atoms.